The highest BCUT2D eigenvalue weighted by Gasteiger charge is 2.70. The van der Waals surface area contributed by atoms with Crippen LogP contribution in [0.5, 0.6) is 0 Å². The van der Waals surface area contributed by atoms with E-state index >= 15 is 0 Å². The van der Waals surface area contributed by atoms with Gasteiger partial charge < -0.3 is 13.3 Å². The molecule has 0 aromatic heterocycles. The summed E-state index contributed by atoms with van der Waals surface area (Å²) >= 11 is 0. The van der Waals surface area contributed by atoms with Crippen LogP contribution in [-0.2, 0) is 13.3 Å². The Kier molecular flexibility index (Phi) is 8.17. The quantitative estimate of drug-likeness (QED) is 0.277. The Labute approximate surface area is 258 Å². The van der Waals surface area contributed by atoms with Crippen molar-refractivity contribution in [3.8, 4) is 0 Å². The summed E-state index contributed by atoms with van der Waals surface area (Å²) in [5.41, 5.74) is 1.56. The number of hydrogen-bond donors (Lipinski definition) is 0. The zero-order valence-electron chi connectivity index (χ0n) is 30.1. The van der Waals surface area contributed by atoms with Gasteiger partial charge in [0.05, 0.1) is 11.7 Å². The van der Waals surface area contributed by atoms with Gasteiger partial charge in [0.25, 0.3) is 0 Å². The van der Waals surface area contributed by atoms with Crippen molar-refractivity contribution < 1.29 is 13.3 Å². The monoisotopic (exact) mass is 618 g/mol. The normalized spacial score (nSPS) is 34.1. The molecular formula is C35H66O3Si3. The van der Waals surface area contributed by atoms with Gasteiger partial charge in [-0.25, -0.2) is 0 Å². The van der Waals surface area contributed by atoms with Crippen molar-refractivity contribution in [3.63, 3.8) is 0 Å². The minimum Gasteiger partial charge on any atom is -0.544 e. The van der Waals surface area contributed by atoms with Crippen LogP contribution in [0.1, 0.15) is 102 Å². The molecule has 4 rings (SSSR count). The molecule has 0 radical (unpaired) electrons. The number of allylic oxidation sites excluding steroid dienone is 2. The first kappa shape index (κ1) is 33.7. The van der Waals surface area contributed by atoms with E-state index in [1.807, 2.05) is 0 Å². The fourth-order valence-corrected chi connectivity index (χ4v) is 11.7. The maximum Gasteiger partial charge on any atom is 0.250 e. The van der Waals surface area contributed by atoms with Crippen molar-refractivity contribution in [2.24, 2.45) is 29.1 Å². The summed E-state index contributed by atoms with van der Waals surface area (Å²) < 4.78 is 22.8. The molecule has 3 bridgehead atoms. The lowest BCUT2D eigenvalue weighted by Crippen LogP contribution is -2.59. The van der Waals surface area contributed by atoms with Crippen LogP contribution in [0, 0.1) is 29.1 Å². The Hall–Kier alpha value is -0.149. The topological polar surface area (TPSA) is 27.7 Å². The SMILES string of the molecule is CC1(C)C2CC3[C@H](O[Si](C)(C)C(C)(C)C)C1CC1=C(O[Si](C)(C)C(C)(C)C)C=CCC1[C@@]3(O[Si](C)(C)C(C)(C)C)C2. The summed E-state index contributed by atoms with van der Waals surface area (Å²) in [7, 11) is -6.11. The van der Waals surface area contributed by atoms with E-state index < -0.39 is 25.0 Å². The summed E-state index contributed by atoms with van der Waals surface area (Å²) in [6.45, 7) is 41.3. The predicted octanol–water partition coefficient (Wildman–Crippen LogP) is 11.1. The van der Waals surface area contributed by atoms with E-state index in [-0.39, 0.29) is 32.2 Å². The molecule has 0 spiro atoms. The average molecular weight is 619 g/mol. The van der Waals surface area contributed by atoms with E-state index in [0.29, 0.717) is 23.7 Å². The first-order valence-electron chi connectivity index (χ1n) is 16.6. The molecule has 4 unspecified atom stereocenters. The van der Waals surface area contributed by atoms with Gasteiger partial charge >= 0.3 is 0 Å². The summed E-state index contributed by atoms with van der Waals surface area (Å²) in [6, 6.07) is 0. The van der Waals surface area contributed by atoms with Gasteiger partial charge in [0.15, 0.2) is 16.6 Å². The van der Waals surface area contributed by atoms with Gasteiger partial charge in [-0.3, -0.25) is 0 Å². The molecule has 3 fully saturated rings. The third kappa shape index (κ3) is 5.50. The molecular weight excluding hydrogens is 553 g/mol. The van der Waals surface area contributed by atoms with E-state index in [2.05, 4.69) is 128 Å². The summed E-state index contributed by atoms with van der Waals surface area (Å²) in [5, 5.41) is 0.495. The van der Waals surface area contributed by atoms with Gasteiger partial charge in [0, 0.05) is 11.8 Å². The maximum atomic E-state index is 7.93. The standard InChI is InChI=1S/C35H66O3Si3/c1-31(2,3)39(12,13)36-29-20-18-19-26-25(29)22-27-30(37-40(14,15)32(4,5)6)28-21-24(34(27,10)11)23-35(26,28)38-41(16,17)33(7,8)9/h18,20,24,26-28,30H,19,21-23H2,1-17H3/t24?,26?,27?,28?,30-,35+/m1/s1. The van der Waals surface area contributed by atoms with E-state index in [9.17, 15) is 0 Å². The second-order valence-electron chi connectivity index (χ2n) is 19.5. The van der Waals surface area contributed by atoms with Crippen LogP contribution in [0.15, 0.2) is 23.5 Å². The third-order valence-corrected chi connectivity index (χ3v) is 26.9. The summed E-state index contributed by atoms with van der Waals surface area (Å²) in [6.07, 6.45) is 9.56. The Bertz CT molecular complexity index is 1080. The predicted molar refractivity (Wildman–Crippen MR) is 184 cm³/mol. The zero-order chi connectivity index (χ0) is 31.4. The molecule has 6 heteroatoms. The molecule has 236 valence electrons. The van der Waals surface area contributed by atoms with Gasteiger partial charge in [-0.15, -0.1) is 0 Å². The van der Waals surface area contributed by atoms with Crippen LogP contribution < -0.4 is 0 Å². The van der Waals surface area contributed by atoms with Gasteiger partial charge in [0.2, 0.25) is 8.32 Å². The molecule has 41 heavy (non-hydrogen) atoms. The Morgan fingerprint density at radius 3 is 1.80 bits per heavy atom. The molecule has 0 aromatic rings. The molecule has 4 aliphatic carbocycles. The molecule has 0 amide bonds. The average Bonchev–Trinajstić information content (AvgIpc) is 3.07. The molecule has 0 heterocycles. The van der Waals surface area contributed by atoms with Crippen molar-refractivity contribution >= 4 is 25.0 Å². The Balaban J connectivity index is 1.96. The number of hydrogen-bond acceptors (Lipinski definition) is 3. The van der Waals surface area contributed by atoms with Gasteiger partial charge in [-0.2, -0.15) is 0 Å². The lowest BCUT2D eigenvalue weighted by atomic mass is 9.60. The van der Waals surface area contributed by atoms with Crippen LogP contribution in [0.2, 0.25) is 54.4 Å². The minimum atomic E-state index is -2.09. The van der Waals surface area contributed by atoms with Crippen molar-refractivity contribution in [2.75, 3.05) is 0 Å². The highest BCUT2D eigenvalue weighted by atomic mass is 28.4. The molecule has 0 aromatic carbocycles. The van der Waals surface area contributed by atoms with Crippen LogP contribution in [0.25, 0.3) is 0 Å². The van der Waals surface area contributed by atoms with E-state index in [0.717, 1.165) is 12.8 Å². The second-order valence-corrected chi connectivity index (χ2v) is 33.7. The van der Waals surface area contributed by atoms with Crippen LogP contribution in [0.3, 0.4) is 0 Å². The van der Waals surface area contributed by atoms with Crippen LogP contribution in [-0.4, -0.2) is 36.7 Å². The fourth-order valence-electron chi connectivity index (χ4n) is 7.62. The van der Waals surface area contributed by atoms with Gasteiger partial charge in [-0.1, -0.05) is 82.2 Å². The molecule has 4 aliphatic rings. The Morgan fingerprint density at radius 1 is 0.756 bits per heavy atom. The maximum absolute atomic E-state index is 7.93. The second kappa shape index (κ2) is 9.92. The van der Waals surface area contributed by atoms with Crippen LogP contribution >= 0.6 is 0 Å². The molecule has 6 atom stereocenters. The lowest BCUT2D eigenvalue weighted by Gasteiger charge is -2.53. The lowest BCUT2D eigenvalue weighted by molar-refractivity contribution is -0.0846. The molecule has 3 saturated carbocycles. The van der Waals surface area contributed by atoms with Crippen LogP contribution in [0.4, 0.5) is 0 Å². The zero-order valence-corrected chi connectivity index (χ0v) is 33.1. The van der Waals surface area contributed by atoms with Crippen molar-refractivity contribution in [1.82, 2.24) is 0 Å². The third-order valence-electron chi connectivity index (χ3n) is 13.6. The van der Waals surface area contributed by atoms with Crippen molar-refractivity contribution in [1.29, 1.82) is 0 Å². The van der Waals surface area contributed by atoms with E-state index in [1.54, 1.807) is 5.57 Å². The molecule has 0 aliphatic heterocycles. The molecule has 0 saturated heterocycles. The molecule has 3 nitrogen and oxygen atoms in total. The van der Waals surface area contributed by atoms with E-state index in [4.69, 9.17) is 13.3 Å². The summed E-state index contributed by atoms with van der Waals surface area (Å²) in [4.78, 5) is 0. The number of fused-ring (bicyclic) bond motifs is 4. The minimum absolute atomic E-state index is 0.157. The largest absolute Gasteiger partial charge is 0.544 e. The highest BCUT2D eigenvalue weighted by Crippen LogP contribution is 2.69. The smallest absolute Gasteiger partial charge is 0.250 e. The summed E-state index contributed by atoms with van der Waals surface area (Å²) in [5.74, 6) is 3.16. The Morgan fingerprint density at radius 2 is 1.29 bits per heavy atom. The highest BCUT2D eigenvalue weighted by molar-refractivity contribution is 6.75. The number of rotatable bonds is 6. The molecule has 0 N–H and O–H groups in total. The van der Waals surface area contributed by atoms with E-state index in [1.165, 1.54) is 18.6 Å². The first-order chi connectivity index (χ1) is 18.2. The van der Waals surface area contributed by atoms with Gasteiger partial charge in [-0.05, 0) is 109 Å². The van der Waals surface area contributed by atoms with Crippen molar-refractivity contribution in [2.45, 2.75) is 168 Å². The first-order valence-corrected chi connectivity index (χ1v) is 25.4. The van der Waals surface area contributed by atoms with Crippen molar-refractivity contribution in [3.05, 3.63) is 23.5 Å². The fraction of sp³-hybridized carbons (Fsp3) is 0.886. The van der Waals surface area contributed by atoms with Gasteiger partial charge in [0.1, 0.15) is 5.76 Å².